The van der Waals surface area contributed by atoms with Crippen LogP contribution in [-0.2, 0) is 56.0 Å². The number of amides is 3. The third-order valence-corrected chi connectivity index (χ3v) is 13.6. The van der Waals surface area contributed by atoms with Crippen LogP contribution in [0.4, 0.5) is 5.69 Å². The molecule has 1 unspecified atom stereocenters. The Hall–Kier alpha value is -7.17. The largest absolute Gasteiger partial charge is 0.508 e. The summed E-state index contributed by atoms with van der Waals surface area (Å²) in [6.45, 7) is 8.46. The molecule has 2 atom stereocenters. The van der Waals surface area contributed by atoms with Gasteiger partial charge in [-0.1, -0.05) is 30.3 Å². The van der Waals surface area contributed by atoms with Crippen molar-refractivity contribution in [3.63, 3.8) is 0 Å². The summed E-state index contributed by atoms with van der Waals surface area (Å²) >= 11 is 0. The SMILES string of the molecule is Cc1c(-c2c(C(=O)Nc3ccc(O)cc3)c(C)n(C)c2-c2cc3c(cc2C(=O)N2Cc4ccccc4C[C@H]2C)CN(C(=O)Cc2ccc(OCCC4CCO4)nc2)CC3)cc(C#N)n1C. The molecule has 0 aliphatic carbocycles. The number of rotatable bonds is 11. The molecule has 2 N–H and O–H groups in total. The Balaban J connectivity index is 1.11. The topological polar surface area (TPSA) is 155 Å². The lowest BCUT2D eigenvalue weighted by molar-refractivity contribution is -0.131. The summed E-state index contributed by atoms with van der Waals surface area (Å²) in [6, 6.07) is 26.2. The fourth-order valence-electron chi connectivity index (χ4n) is 9.45. The molecule has 3 aromatic carbocycles. The minimum absolute atomic E-state index is 0.0380. The number of nitrogens with zero attached hydrogens (tertiary/aromatic N) is 6. The first-order chi connectivity index (χ1) is 31.4. The number of benzene rings is 3. The smallest absolute Gasteiger partial charge is 0.258 e. The highest BCUT2D eigenvalue weighted by Crippen LogP contribution is 2.44. The fourth-order valence-corrected chi connectivity index (χ4v) is 9.45. The Bertz CT molecular complexity index is 2870. The Morgan fingerprint density at radius 1 is 0.923 bits per heavy atom. The van der Waals surface area contributed by atoms with Crippen molar-refractivity contribution in [1.29, 1.82) is 5.26 Å². The third kappa shape index (κ3) is 8.37. The van der Waals surface area contributed by atoms with Crippen LogP contribution in [0.3, 0.4) is 0 Å². The van der Waals surface area contributed by atoms with Crippen molar-refractivity contribution >= 4 is 23.4 Å². The standard InChI is InChI=1S/C52H53N7O6/c1-31-22-35-8-6-7-9-37(35)30-59(31)52(63)45-25-38-29-58(47(61)23-34-10-15-46(54-28-34)65-21-18-42-17-20-64-42)19-16-36(38)24-44(45)50-49(43-26-40(27-53)56(4)32(43)2)48(33(3)57(50)5)51(62)55-39-11-13-41(60)14-12-39/h6-15,24-26,28,31,42,60H,16-23,29-30H2,1-5H3,(H,55,62)/t31-,42?/m1/s1. The quantitative estimate of drug-likeness (QED) is 0.125. The molecule has 3 aliphatic heterocycles. The predicted molar refractivity (Wildman–Crippen MR) is 247 cm³/mol. The zero-order chi connectivity index (χ0) is 45.5. The Kier molecular flexibility index (Phi) is 11.8. The van der Waals surface area contributed by atoms with E-state index in [1.165, 1.54) is 17.7 Å². The number of fused-ring (bicyclic) bond motifs is 2. The first kappa shape index (κ1) is 43.1. The fraction of sp³-hybridized carbons (Fsp3) is 0.327. The predicted octanol–water partition coefficient (Wildman–Crippen LogP) is 7.81. The molecule has 3 aromatic heterocycles. The van der Waals surface area contributed by atoms with E-state index in [9.17, 15) is 20.0 Å². The third-order valence-electron chi connectivity index (χ3n) is 13.6. The molecule has 6 heterocycles. The van der Waals surface area contributed by atoms with Gasteiger partial charge in [0.05, 0.1) is 30.4 Å². The molecule has 0 spiro atoms. The summed E-state index contributed by atoms with van der Waals surface area (Å²) < 4.78 is 15.1. The highest BCUT2D eigenvalue weighted by atomic mass is 16.5. The monoisotopic (exact) mass is 871 g/mol. The molecule has 13 nitrogen and oxygen atoms in total. The number of carbonyl (C=O) groups excluding carboxylic acids is 3. The Morgan fingerprint density at radius 3 is 2.38 bits per heavy atom. The van der Waals surface area contributed by atoms with Crippen molar-refractivity contribution in [2.45, 2.75) is 78.1 Å². The van der Waals surface area contributed by atoms with Gasteiger partial charge >= 0.3 is 0 Å². The van der Waals surface area contributed by atoms with Crippen LogP contribution >= 0.6 is 0 Å². The second kappa shape index (κ2) is 17.8. The van der Waals surface area contributed by atoms with Crippen molar-refractivity contribution < 1.29 is 29.0 Å². The number of aromatic nitrogens is 3. The van der Waals surface area contributed by atoms with Crippen LogP contribution < -0.4 is 10.1 Å². The van der Waals surface area contributed by atoms with Crippen molar-refractivity contribution in [1.82, 2.24) is 23.9 Å². The number of phenols is 1. The van der Waals surface area contributed by atoms with Gasteiger partial charge in [-0.3, -0.25) is 14.4 Å². The zero-order valence-corrected chi connectivity index (χ0v) is 37.5. The first-order valence-electron chi connectivity index (χ1n) is 22.3. The lowest BCUT2D eigenvalue weighted by Gasteiger charge is -2.36. The molecule has 0 radical (unpaired) electrons. The van der Waals surface area contributed by atoms with Gasteiger partial charge < -0.3 is 38.8 Å². The molecule has 1 fully saturated rings. The van der Waals surface area contributed by atoms with E-state index < -0.39 is 0 Å². The maximum Gasteiger partial charge on any atom is 0.258 e. The van der Waals surface area contributed by atoms with Gasteiger partial charge in [0.1, 0.15) is 17.5 Å². The Labute approximate surface area is 378 Å². The van der Waals surface area contributed by atoms with Crippen molar-refractivity contribution in [3.8, 4) is 40.1 Å². The molecule has 0 saturated carbocycles. The van der Waals surface area contributed by atoms with Crippen LogP contribution in [0.5, 0.6) is 11.6 Å². The van der Waals surface area contributed by atoms with E-state index in [4.69, 9.17) is 9.47 Å². The van der Waals surface area contributed by atoms with E-state index in [2.05, 4.69) is 41.5 Å². The second-order valence-electron chi connectivity index (χ2n) is 17.5. The summed E-state index contributed by atoms with van der Waals surface area (Å²) in [6.07, 6.45) is 5.27. The lowest BCUT2D eigenvalue weighted by Crippen LogP contribution is -2.43. The summed E-state index contributed by atoms with van der Waals surface area (Å²) in [7, 11) is 3.73. The van der Waals surface area contributed by atoms with Gasteiger partial charge in [0.15, 0.2) is 0 Å². The van der Waals surface area contributed by atoms with Gasteiger partial charge in [0.25, 0.3) is 11.8 Å². The summed E-state index contributed by atoms with van der Waals surface area (Å²) in [5.41, 5.74) is 10.9. The van der Waals surface area contributed by atoms with Crippen LogP contribution in [0, 0.1) is 25.2 Å². The average Bonchev–Trinajstić information content (AvgIpc) is 3.73. The molecular weight excluding hydrogens is 819 g/mol. The average molecular weight is 872 g/mol. The lowest BCUT2D eigenvalue weighted by atomic mass is 9.87. The van der Waals surface area contributed by atoms with Crippen LogP contribution in [0.2, 0.25) is 0 Å². The normalized spacial score (nSPS) is 16.6. The number of hydrogen-bond acceptors (Lipinski definition) is 8. The molecule has 3 aliphatic rings. The maximum atomic E-state index is 15.4. The molecule has 0 bridgehead atoms. The Morgan fingerprint density at radius 2 is 1.69 bits per heavy atom. The van der Waals surface area contributed by atoms with E-state index in [1.54, 1.807) is 30.5 Å². The minimum Gasteiger partial charge on any atom is -0.508 e. The molecular formula is C52H53N7O6. The van der Waals surface area contributed by atoms with Crippen LogP contribution in [-0.4, -0.2) is 78.7 Å². The van der Waals surface area contributed by atoms with Gasteiger partial charge in [-0.25, -0.2) is 4.98 Å². The highest BCUT2D eigenvalue weighted by Gasteiger charge is 2.35. The number of ether oxygens (including phenoxy) is 2. The highest BCUT2D eigenvalue weighted by molar-refractivity contribution is 6.14. The molecule has 6 aromatic rings. The first-order valence-corrected chi connectivity index (χ1v) is 22.3. The van der Waals surface area contributed by atoms with Crippen LogP contribution in [0.25, 0.3) is 22.4 Å². The maximum absolute atomic E-state index is 15.4. The van der Waals surface area contributed by atoms with Crippen molar-refractivity contribution in [2.24, 2.45) is 14.1 Å². The number of hydrogen-bond donors (Lipinski definition) is 2. The van der Waals surface area contributed by atoms with Crippen molar-refractivity contribution in [2.75, 3.05) is 25.1 Å². The minimum atomic E-state index is -0.371. The van der Waals surface area contributed by atoms with E-state index in [-0.39, 0.29) is 42.0 Å². The number of nitriles is 1. The van der Waals surface area contributed by atoms with E-state index in [1.807, 2.05) is 71.1 Å². The van der Waals surface area contributed by atoms with E-state index in [0.717, 1.165) is 47.4 Å². The van der Waals surface area contributed by atoms with E-state index in [0.29, 0.717) is 95.5 Å². The van der Waals surface area contributed by atoms with Gasteiger partial charge in [-0.15, -0.1) is 0 Å². The second-order valence-corrected chi connectivity index (χ2v) is 17.5. The summed E-state index contributed by atoms with van der Waals surface area (Å²) in [5, 5.41) is 23.2. The molecule has 332 valence electrons. The number of carbonyl (C=O) groups is 3. The summed E-state index contributed by atoms with van der Waals surface area (Å²) in [5.74, 6) is 0.0348. The number of pyridine rings is 1. The number of phenolic OH excluding ortho intramolecular Hbond substituents is 1. The molecule has 13 heteroatoms. The number of aromatic hydroxyl groups is 1. The van der Waals surface area contributed by atoms with Gasteiger partial charge in [0.2, 0.25) is 11.8 Å². The zero-order valence-electron chi connectivity index (χ0n) is 37.5. The van der Waals surface area contributed by atoms with Crippen LogP contribution in [0.1, 0.15) is 85.4 Å². The van der Waals surface area contributed by atoms with Gasteiger partial charge in [0, 0.05) is 104 Å². The van der Waals surface area contributed by atoms with Gasteiger partial charge in [-0.2, -0.15) is 5.26 Å². The van der Waals surface area contributed by atoms with Crippen LogP contribution in [0.15, 0.2) is 85.1 Å². The van der Waals surface area contributed by atoms with Gasteiger partial charge in [-0.05, 0) is 110 Å². The number of nitrogens with one attached hydrogen (secondary N) is 1. The molecule has 65 heavy (non-hydrogen) atoms. The molecule has 1 saturated heterocycles. The van der Waals surface area contributed by atoms with E-state index >= 15 is 4.79 Å². The summed E-state index contributed by atoms with van der Waals surface area (Å²) in [4.78, 5) is 52.1. The molecule has 3 amide bonds. The molecule has 9 rings (SSSR count). The van der Waals surface area contributed by atoms with Crippen molar-refractivity contribution in [3.05, 3.63) is 141 Å². The number of anilines is 1.